The predicted molar refractivity (Wildman–Crippen MR) is 80.4 cm³/mol. The quantitative estimate of drug-likeness (QED) is 0.780. The first-order chi connectivity index (χ1) is 8.04. The van der Waals surface area contributed by atoms with Crippen molar-refractivity contribution in [2.75, 3.05) is 4.72 Å². The van der Waals surface area contributed by atoms with Gasteiger partial charge >= 0.3 is 0 Å². The van der Waals surface area contributed by atoms with Gasteiger partial charge in [-0.25, -0.2) is 4.98 Å². The van der Waals surface area contributed by atoms with Crippen LogP contribution in [0.3, 0.4) is 0 Å². The lowest BCUT2D eigenvalue weighted by Gasteiger charge is -2.16. The molecular weight excluding hydrogens is 248 g/mol. The van der Waals surface area contributed by atoms with E-state index < -0.39 is 0 Å². The summed E-state index contributed by atoms with van der Waals surface area (Å²) in [6, 6.07) is 4.41. The normalized spacial score (nSPS) is 11.7. The second-order valence-corrected chi connectivity index (χ2v) is 6.11. The smallest absolute Gasteiger partial charge is 0.193 e. The number of thiol groups is 1. The minimum absolute atomic E-state index is 0.492. The zero-order valence-electron chi connectivity index (χ0n) is 10.6. The fourth-order valence-corrected chi connectivity index (χ4v) is 3.15. The Hall–Kier alpha value is -0.740. The number of nitrogens with zero attached hydrogens (tertiary/aromatic N) is 1. The standard InChI is InChI=1S/C13H18N2S2/c1-7(2)9-5-6-10-12(11(9)8(3)4)14-13(15-16)17-10/h5-8,16H,1-4H3,(H,14,15). The van der Waals surface area contributed by atoms with E-state index in [1.165, 1.54) is 15.8 Å². The fourth-order valence-electron chi connectivity index (χ4n) is 2.19. The van der Waals surface area contributed by atoms with Gasteiger partial charge in [0.05, 0.1) is 10.2 Å². The van der Waals surface area contributed by atoms with E-state index in [4.69, 9.17) is 0 Å². The van der Waals surface area contributed by atoms with Crippen LogP contribution < -0.4 is 4.72 Å². The van der Waals surface area contributed by atoms with Crippen LogP contribution in [0.2, 0.25) is 0 Å². The Morgan fingerprint density at radius 2 is 1.88 bits per heavy atom. The monoisotopic (exact) mass is 266 g/mol. The van der Waals surface area contributed by atoms with E-state index in [1.807, 2.05) is 0 Å². The molecule has 0 fully saturated rings. The maximum Gasteiger partial charge on any atom is 0.193 e. The highest BCUT2D eigenvalue weighted by atomic mass is 32.1. The molecule has 0 aliphatic carbocycles. The molecule has 2 rings (SSSR count). The predicted octanol–water partition coefficient (Wildman–Crippen LogP) is 4.80. The number of hydrogen-bond donors (Lipinski definition) is 2. The summed E-state index contributed by atoms with van der Waals surface area (Å²) in [5.74, 6) is 1.02. The lowest BCUT2D eigenvalue weighted by molar-refractivity contribution is 0.796. The van der Waals surface area contributed by atoms with Crippen LogP contribution in [0.4, 0.5) is 5.13 Å². The summed E-state index contributed by atoms with van der Waals surface area (Å²) >= 11 is 5.72. The number of hydrogen-bond acceptors (Lipinski definition) is 4. The van der Waals surface area contributed by atoms with Gasteiger partial charge in [0.2, 0.25) is 0 Å². The molecule has 17 heavy (non-hydrogen) atoms. The molecule has 0 saturated carbocycles. The van der Waals surface area contributed by atoms with Gasteiger partial charge in [0.1, 0.15) is 0 Å². The maximum absolute atomic E-state index is 4.63. The number of nitrogens with one attached hydrogen (secondary N) is 1. The number of fused-ring (bicyclic) bond motifs is 1. The molecule has 1 N–H and O–H groups in total. The molecule has 92 valence electrons. The van der Waals surface area contributed by atoms with Crippen molar-refractivity contribution in [2.45, 2.75) is 39.5 Å². The molecule has 0 spiro atoms. The molecule has 0 radical (unpaired) electrons. The van der Waals surface area contributed by atoms with Gasteiger partial charge in [-0.2, -0.15) is 0 Å². The Balaban J connectivity index is 2.73. The van der Waals surface area contributed by atoms with E-state index in [0.717, 1.165) is 10.6 Å². The summed E-state index contributed by atoms with van der Waals surface area (Å²) < 4.78 is 4.06. The van der Waals surface area contributed by atoms with Crippen LogP contribution in [0.1, 0.15) is 50.7 Å². The van der Waals surface area contributed by atoms with Crippen LogP contribution in [-0.4, -0.2) is 4.98 Å². The first kappa shape index (κ1) is 12.7. The molecule has 1 aromatic heterocycles. The average molecular weight is 266 g/mol. The third kappa shape index (κ3) is 2.29. The maximum atomic E-state index is 4.63. The zero-order valence-corrected chi connectivity index (χ0v) is 12.3. The van der Waals surface area contributed by atoms with E-state index in [-0.39, 0.29) is 0 Å². The highest BCUT2D eigenvalue weighted by Crippen LogP contribution is 2.36. The lowest BCUT2D eigenvalue weighted by atomic mass is 9.90. The Morgan fingerprint density at radius 1 is 1.18 bits per heavy atom. The Kier molecular flexibility index (Phi) is 3.64. The summed E-state index contributed by atoms with van der Waals surface area (Å²) in [6.45, 7) is 8.93. The number of rotatable bonds is 3. The lowest BCUT2D eigenvalue weighted by Crippen LogP contribution is -1.99. The summed E-state index contributed by atoms with van der Waals surface area (Å²) in [4.78, 5) is 4.63. The van der Waals surface area contributed by atoms with Gasteiger partial charge in [-0.3, -0.25) is 0 Å². The summed E-state index contributed by atoms with van der Waals surface area (Å²) in [6.07, 6.45) is 0. The molecule has 0 aliphatic rings. The number of anilines is 1. The molecule has 2 aromatic rings. The third-order valence-electron chi connectivity index (χ3n) is 2.93. The van der Waals surface area contributed by atoms with Crippen molar-refractivity contribution in [2.24, 2.45) is 0 Å². The van der Waals surface area contributed by atoms with Gasteiger partial charge in [-0.15, -0.1) is 0 Å². The van der Waals surface area contributed by atoms with Crippen LogP contribution in [0.5, 0.6) is 0 Å². The van der Waals surface area contributed by atoms with Gasteiger partial charge in [0.25, 0.3) is 0 Å². The first-order valence-electron chi connectivity index (χ1n) is 5.88. The third-order valence-corrected chi connectivity index (χ3v) is 4.23. The molecule has 0 atom stereocenters. The summed E-state index contributed by atoms with van der Waals surface area (Å²) in [5.41, 5.74) is 3.92. The number of thiazole rings is 1. The van der Waals surface area contributed by atoms with Crippen molar-refractivity contribution in [3.8, 4) is 0 Å². The van der Waals surface area contributed by atoms with E-state index in [0.29, 0.717) is 11.8 Å². The topological polar surface area (TPSA) is 24.9 Å². The fraction of sp³-hybridized carbons (Fsp3) is 0.462. The van der Waals surface area contributed by atoms with E-state index in [2.05, 4.69) is 62.3 Å². The minimum Gasteiger partial charge on any atom is -0.308 e. The van der Waals surface area contributed by atoms with Crippen molar-refractivity contribution < 1.29 is 0 Å². The second-order valence-electron chi connectivity index (χ2n) is 4.86. The number of benzene rings is 1. The Bertz CT molecular complexity index is 529. The van der Waals surface area contributed by atoms with Crippen molar-refractivity contribution in [1.82, 2.24) is 4.98 Å². The van der Waals surface area contributed by atoms with Crippen LogP contribution in [0.15, 0.2) is 12.1 Å². The minimum atomic E-state index is 0.492. The number of aromatic nitrogens is 1. The van der Waals surface area contributed by atoms with E-state index in [1.54, 1.807) is 11.3 Å². The molecule has 1 heterocycles. The van der Waals surface area contributed by atoms with Crippen LogP contribution in [-0.2, 0) is 0 Å². The van der Waals surface area contributed by atoms with Gasteiger partial charge in [0, 0.05) is 0 Å². The summed E-state index contributed by atoms with van der Waals surface area (Å²) in [7, 11) is 0. The second kappa shape index (κ2) is 4.86. The molecule has 0 bridgehead atoms. The molecule has 0 unspecified atom stereocenters. The molecule has 0 saturated heterocycles. The van der Waals surface area contributed by atoms with Gasteiger partial charge < -0.3 is 4.72 Å². The molecule has 4 heteroatoms. The SMILES string of the molecule is CC(C)c1ccc2sc(NS)nc2c1C(C)C. The van der Waals surface area contributed by atoms with E-state index >= 15 is 0 Å². The van der Waals surface area contributed by atoms with Crippen LogP contribution in [0, 0.1) is 0 Å². The van der Waals surface area contributed by atoms with Crippen molar-refractivity contribution in [3.05, 3.63) is 23.3 Å². The molecule has 2 nitrogen and oxygen atoms in total. The Labute approximate surface area is 112 Å². The van der Waals surface area contributed by atoms with Crippen molar-refractivity contribution in [3.63, 3.8) is 0 Å². The van der Waals surface area contributed by atoms with Gasteiger partial charge in [-0.05, 0) is 29.0 Å². The average Bonchev–Trinajstić information content (AvgIpc) is 2.69. The Morgan fingerprint density at radius 3 is 2.41 bits per heavy atom. The van der Waals surface area contributed by atoms with E-state index in [9.17, 15) is 0 Å². The highest BCUT2D eigenvalue weighted by molar-refractivity contribution is 7.82. The van der Waals surface area contributed by atoms with Gasteiger partial charge in [0.15, 0.2) is 5.13 Å². The van der Waals surface area contributed by atoms with Gasteiger partial charge in [-0.1, -0.05) is 57.9 Å². The highest BCUT2D eigenvalue weighted by Gasteiger charge is 2.16. The molecule has 1 aromatic carbocycles. The summed E-state index contributed by atoms with van der Waals surface area (Å²) in [5, 5.41) is 0.867. The first-order valence-corrected chi connectivity index (χ1v) is 7.14. The molecule has 0 amide bonds. The van der Waals surface area contributed by atoms with Crippen LogP contribution in [0.25, 0.3) is 10.2 Å². The van der Waals surface area contributed by atoms with Crippen molar-refractivity contribution >= 4 is 39.5 Å². The van der Waals surface area contributed by atoms with Crippen molar-refractivity contribution in [1.29, 1.82) is 0 Å². The largest absolute Gasteiger partial charge is 0.308 e. The zero-order chi connectivity index (χ0) is 12.6. The molecule has 0 aliphatic heterocycles. The van der Waals surface area contributed by atoms with Crippen LogP contribution >= 0.6 is 24.2 Å². The molecular formula is C13H18N2S2.